The smallest absolute Gasteiger partial charge is 0.277 e. The lowest BCUT2D eigenvalue weighted by molar-refractivity contribution is -0.116. The van der Waals surface area contributed by atoms with Crippen LogP contribution in [0.25, 0.3) is 0 Å². The van der Waals surface area contributed by atoms with Gasteiger partial charge in [0.2, 0.25) is 5.91 Å². The summed E-state index contributed by atoms with van der Waals surface area (Å²) in [4.78, 5) is 40.7. The van der Waals surface area contributed by atoms with Gasteiger partial charge in [0.05, 0.1) is 0 Å². The van der Waals surface area contributed by atoms with Gasteiger partial charge in [0.15, 0.2) is 11.5 Å². The summed E-state index contributed by atoms with van der Waals surface area (Å²) in [6.45, 7) is 1.82. The number of rotatable bonds is 10. The number of nitrogens with zero attached hydrogens (tertiary/aromatic N) is 6. The maximum atomic E-state index is 12.6. The Morgan fingerprint density at radius 1 is 0.903 bits per heavy atom. The van der Waals surface area contributed by atoms with Crippen LogP contribution < -0.4 is 16.0 Å². The molecule has 2 heterocycles. The molecule has 12 nitrogen and oxygen atoms in total. The SMILES string of the molecule is CN(C)CCNC(=O)c1cc(NC(=O)c2cc(NC(=O)CCN(C)C)n(C)n2)nn1C. The van der Waals surface area contributed by atoms with E-state index < -0.39 is 5.91 Å². The summed E-state index contributed by atoms with van der Waals surface area (Å²) < 4.78 is 2.82. The van der Waals surface area contributed by atoms with E-state index in [9.17, 15) is 14.4 Å². The van der Waals surface area contributed by atoms with Crippen molar-refractivity contribution in [3.8, 4) is 0 Å². The van der Waals surface area contributed by atoms with E-state index >= 15 is 0 Å². The van der Waals surface area contributed by atoms with E-state index in [-0.39, 0.29) is 23.3 Å². The standard InChI is InChI=1S/C19H31N9O3/c1-25(2)9-7-17(29)22-16-11-13(23-28(16)6)18(30)21-15-12-14(27(5)24-15)19(31)20-8-10-26(3)4/h11-12H,7-10H2,1-6H3,(H,20,31)(H,22,29)(H,21,24,30). The number of amides is 3. The zero-order valence-corrected chi connectivity index (χ0v) is 18.9. The fraction of sp³-hybridized carbons (Fsp3) is 0.526. The molecule has 0 aliphatic carbocycles. The Morgan fingerprint density at radius 3 is 2.23 bits per heavy atom. The minimum atomic E-state index is -0.498. The van der Waals surface area contributed by atoms with Crippen molar-refractivity contribution in [2.24, 2.45) is 14.1 Å². The largest absolute Gasteiger partial charge is 0.349 e. The number of nitrogens with one attached hydrogen (secondary N) is 3. The highest BCUT2D eigenvalue weighted by Crippen LogP contribution is 2.13. The summed E-state index contributed by atoms with van der Waals surface area (Å²) in [6.07, 6.45) is 0.326. The van der Waals surface area contributed by atoms with Crippen molar-refractivity contribution in [1.82, 2.24) is 34.7 Å². The van der Waals surface area contributed by atoms with Crippen LogP contribution in [0.1, 0.15) is 27.4 Å². The Kier molecular flexibility index (Phi) is 8.28. The second-order valence-electron chi connectivity index (χ2n) is 7.69. The molecule has 0 aliphatic heterocycles. The van der Waals surface area contributed by atoms with E-state index in [1.54, 1.807) is 14.1 Å². The van der Waals surface area contributed by atoms with Crippen molar-refractivity contribution < 1.29 is 14.4 Å². The first-order valence-corrected chi connectivity index (χ1v) is 9.83. The number of aromatic nitrogens is 4. The van der Waals surface area contributed by atoms with E-state index in [4.69, 9.17) is 0 Å². The van der Waals surface area contributed by atoms with Crippen LogP contribution in [0.4, 0.5) is 11.6 Å². The molecule has 2 rings (SSSR count). The average Bonchev–Trinajstić information content (AvgIpc) is 3.22. The molecule has 2 aromatic heterocycles. The molecule has 170 valence electrons. The van der Waals surface area contributed by atoms with E-state index in [1.165, 1.54) is 21.5 Å². The summed E-state index contributed by atoms with van der Waals surface area (Å²) in [5, 5.41) is 16.5. The molecule has 0 aliphatic rings. The fourth-order valence-electron chi connectivity index (χ4n) is 2.63. The summed E-state index contributed by atoms with van der Waals surface area (Å²) in [5.74, 6) is -0.304. The van der Waals surface area contributed by atoms with Crippen LogP contribution >= 0.6 is 0 Å². The molecule has 2 aromatic rings. The van der Waals surface area contributed by atoms with E-state index in [1.807, 2.05) is 38.0 Å². The topological polar surface area (TPSA) is 129 Å². The van der Waals surface area contributed by atoms with Crippen molar-refractivity contribution >= 4 is 29.4 Å². The van der Waals surface area contributed by atoms with Crippen molar-refractivity contribution in [3.05, 3.63) is 23.5 Å². The molecule has 31 heavy (non-hydrogen) atoms. The lowest BCUT2D eigenvalue weighted by atomic mass is 10.3. The van der Waals surface area contributed by atoms with Gasteiger partial charge in [-0.2, -0.15) is 10.2 Å². The molecule has 0 bridgehead atoms. The fourth-order valence-corrected chi connectivity index (χ4v) is 2.63. The normalized spacial score (nSPS) is 11.1. The quantitative estimate of drug-likeness (QED) is 0.464. The average molecular weight is 434 g/mol. The highest BCUT2D eigenvalue weighted by Gasteiger charge is 2.18. The first kappa shape index (κ1) is 24.0. The maximum Gasteiger partial charge on any atom is 0.277 e. The molecule has 0 aromatic carbocycles. The van der Waals surface area contributed by atoms with Crippen LogP contribution in [-0.4, -0.2) is 94.9 Å². The lowest BCUT2D eigenvalue weighted by Crippen LogP contribution is -2.32. The third-order valence-corrected chi connectivity index (χ3v) is 4.36. The molecule has 0 atom stereocenters. The molecule has 0 radical (unpaired) electrons. The molecular weight excluding hydrogens is 402 g/mol. The summed E-state index contributed by atoms with van der Waals surface area (Å²) in [7, 11) is 10.9. The molecule has 0 saturated carbocycles. The van der Waals surface area contributed by atoms with Crippen LogP contribution in [0.3, 0.4) is 0 Å². The number of anilines is 2. The third kappa shape index (κ3) is 7.19. The second-order valence-corrected chi connectivity index (χ2v) is 7.69. The lowest BCUT2D eigenvalue weighted by Gasteiger charge is -2.10. The van der Waals surface area contributed by atoms with Crippen molar-refractivity contribution in [1.29, 1.82) is 0 Å². The molecule has 0 unspecified atom stereocenters. The van der Waals surface area contributed by atoms with Gasteiger partial charge in [0, 0.05) is 52.3 Å². The Balaban J connectivity index is 1.99. The number of carbonyl (C=O) groups excluding carboxylic acids is 3. The predicted molar refractivity (Wildman–Crippen MR) is 117 cm³/mol. The van der Waals surface area contributed by atoms with Crippen LogP contribution in [0.15, 0.2) is 12.1 Å². The zero-order valence-electron chi connectivity index (χ0n) is 18.9. The maximum absolute atomic E-state index is 12.6. The number of hydrogen-bond acceptors (Lipinski definition) is 7. The number of likely N-dealkylation sites (N-methyl/N-ethyl adjacent to an activating group) is 1. The number of aryl methyl sites for hydroxylation is 2. The van der Waals surface area contributed by atoms with E-state index in [2.05, 4.69) is 26.1 Å². The summed E-state index contributed by atoms with van der Waals surface area (Å²) in [6, 6.07) is 2.98. The van der Waals surface area contributed by atoms with Gasteiger partial charge in [-0.25, -0.2) is 0 Å². The van der Waals surface area contributed by atoms with Gasteiger partial charge in [0.1, 0.15) is 11.5 Å². The molecule has 0 saturated heterocycles. The van der Waals surface area contributed by atoms with Crippen molar-refractivity contribution in [2.75, 3.05) is 58.5 Å². The summed E-state index contributed by atoms with van der Waals surface area (Å²) >= 11 is 0. The van der Waals surface area contributed by atoms with Crippen LogP contribution in [-0.2, 0) is 18.9 Å². The minimum absolute atomic E-state index is 0.119. The van der Waals surface area contributed by atoms with E-state index in [0.29, 0.717) is 37.6 Å². The monoisotopic (exact) mass is 433 g/mol. The van der Waals surface area contributed by atoms with E-state index in [0.717, 1.165) is 0 Å². The second kappa shape index (κ2) is 10.7. The van der Waals surface area contributed by atoms with Gasteiger partial charge in [0.25, 0.3) is 11.8 Å². The zero-order chi connectivity index (χ0) is 23.1. The van der Waals surface area contributed by atoms with Gasteiger partial charge in [-0.05, 0) is 28.2 Å². The third-order valence-electron chi connectivity index (χ3n) is 4.36. The first-order valence-electron chi connectivity index (χ1n) is 9.83. The number of carbonyl (C=O) groups is 3. The predicted octanol–water partition coefficient (Wildman–Crippen LogP) is -0.412. The van der Waals surface area contributed by atoms with Crippen LogP contribution in [0, 0.1) is 0 Å². The molecule has 3 amide bonds. The number of hydrogen-bond donors (Lipinski definition) is 3. The highest BCUT2D eigenvalue weighted by atomic mass is 16.2. The van der Waals surface area contributed by atoms with Gasteiger partial charge in [-0.15, -0.1) is 0 Å². The Labute approximate surface area is 181 Å². The van der Waals surface area contributed by atoms with Gasteiger partial charge in [-0.1, -0.05) is 0 Å². The molecular formula is C19H31N9O3. The minimum Gasteiger partial charge on any atom is -0.349 e. The van der Waals surface area contributed by atoms with Gasteiger partial charge in [-0.3, -0.25) is 23.7 Å². The Hall–Kier alpha value is -3.25. The van der Waals surface area contributed by atoms with Crippen molar-refractivity contribution in [2.45, 2.75) is 6.42 Å². The van der Waals surface area contributed by atoms with Crippen LogP contribution in [0.2, 0.25) is 0 Å². The molecule has 0 fully saturated rings. The molecule has 0 spiro atoms. The van der Waals surface area contributed by atoms with Gasteiger partial charge >= 0.3 is 0 Å². The Bertz CT molecular complexity index is 930. The Morgan fingerprint density at radius 2 is 1.58 bits per heavy atom. The van der Waals surface area contributed by atoms with Crippen LogP contribution in [0.5, 0.6) is 0 Å². The molecule has 3 N–H and O–H groups in total. The highest BCUT2D eigenvalue weighted by molar-refractivity contribution is 6.04. The first-order chi connectivity index (χ1) is 14.6. The molecule has 12 heteroatoms. The van der Waals surface area contributed by atoms with Gasteiger partial charge < -0.3 is 25.8 Å². The summed E-state index contributed by atoms with van der Waals surface area (Å²) in [5.41, 5.74) is 0.442. The van der Waals surface area contributed by atoms with Crippen molar-refractivity contribution in [3.63, 3.8) is 0 Å².